The predicted molar refractivity (Wildman–Crippen MR) is 85.1 cm³/mol. The average molecular weight is 475 g/mol. The number of hydrogen-bond donors (Lipinski definition) is 0. The van der Waals surface area contributed by atoms with Gasteiger partial charge in [0.1, 0.15) is 0 Å². The van der Waals surface area contributed by atoms with Gasteiger partial charge in [-0.1, -0.05) is 91.0 Å². The summed E-state index contributed by atoms with van der Waals surface area (Å²) in [7, 11) is -0.446. The van der Waals surface area contributed by atoms with Crippen molar-refractivity contribution in [2.75, 3.05) is 0 Å². The molecule has 0 radical (unpaired) electrons. The minimum Gasteiger partial charge on any atom is -0.0622 e. The summed E-state index contributed by atoms with van der Waals surface area (Å²) in [4.78, 5) is 0. The first-order valence-corrected chi connectivity index (χ1v) is 7.74. The van der Waals surface area contributed by atoms with Gasteiger partial charge in [-0.15, -0.1) is 0 Å². The molecule has 0 saturated heterocycles. The molecule has 21 heavy (non-hydrogen) atoms. The SMILES string of the molecule is [Pd].[Pd].c1ccc(P(c2ccccc2)c2ccccc2)cc1. The Morgan fingerprint density at radius 2 is 0.619 bits per heavy atom. The Bertz CT molecular complexity index is 533. The summed E-state index contributed by atoms with van der Waals surface area (Å²) in [6.07, 6.45) is 0. The van der Waals surface area contributed by atoms with Gasteiger partial charge in [0.05, 0.1) is 0 Å². The Hall–Kier alpha value is -0.585. The molecule has 0 spiro atoms. The van der Waals surface area contributed by atoms with Crippen molar-refractivity contribution in [1.82, 2.24) is 0 Å². The second-order valence-corrected chi connectivity index (χ2v) is 6.56. The van der Waals surface area contributed by atoms with Gasteiger partial charge < -0.3 is 0 Å². The van der Waals surface area contributed by atoms with Crippen molar-refractivity contribution in [3.8, 4) is 0 Å². The molecular formula is C18H15PPd2. The molecule has 0 aliphatic carbocycles. The van der Waals surface area contributed by atoms with Crippen molar-refractivity contribution in [3.63, 3.8) is 0 Å². The molecule has 0 aromatic heterocycles. The molecule has 0 unspecified atom stereocenters. The summed E-state index contributed by atoms with van der Waals surface area (Å²) in [6, 6.07) is 32.3. The summed E-state index contributed by atoms with van der Waals surface area (Å²) in [5.74, 6) is 0. The molecule has 0 heterocycles. The van der Waals surface area contributed by atoms with Crippen LogP contribution in [0.5, 0.6) is 0 Å². The van der Waals surface area contributed by atoms with Crippen LogP contribution in [0.4, 0.5) is 0 Å². The largest absolute Gasteiger partial charge is 0.0622 e. The van der Waals surface area contributed by atoms with E-state index in [-0.39, 0.29) is 40.8 Å². The van der Waals surface area contributed by atoms with Crippen LogP contribution in [-0.4, -0.2) is 0 Å². The molecule has 0 amide bonds. The van der Waals surface area contributed by atoms with Crippen LogP contribution in [0, 0.1) is 0 Å². The molecule has 3 heteroatoms. The fraction of sp³-hybridized carbons (Fsp3) is 0. The van der Waals surface area contributed by atoms with E-state index in [1.807, 2.05) is 0 Å². The van der Waals surface area contributed by atoms with E-state index in [1.54, 1.807) is 0 Å². The quantitative estimate of drug-likeness (QED) is 0.403. The minimum atomic E-state index is -0.446. The summed E-state index contributed by atoms with van der Waals surface area (Å²) < 4.78 is 0. The van der Waals surface area contributed by atoms with Crippen molar-refractivity contribution in [2.24, 2.45) is 0 Å². The molecule has 0 aliphatic heterocycles. The molecule has 0 nitrogen and oxygen atoms in total. The zero-order valence-electron chi connectivity index (χ0n) is 11.2. The van der Waals surface area contributed by atoms with Crippen molar-refractivity contribution in [3.05, 3.63) is 91.0 Å². The van der Waals surface area contributed by atoms with Crippen LogP contribution in [-0.2, 0) is 40.8 Å². The van der Waals surface area contributed by atoms with E-state index < -0.39 is 7.92 Å². The minimum absolute atomic E-state index is 0. The maximum absolute atomic E-state index is 2.23. The standard InChI is InChI=1S/C18H15P.2Pd/c1-4-10-16(11-5-1)19(17-12-6-2-7-13-17)18-14-8-3-9-15-18;;/h1-15H;;. The molecule has 0 atom stereocenters. The van der Waals surface area contributed by atoms with Crippen LogP contribution in [0.2, 0.25) is 0 Å². The molecule has 0 aliphatic rings. The zero-order valence-corrected chi connectivity index (χ0v) is 15.2. The van der Waals surface area contributed by atoms with Gasteiger partial charge in [0, 0.05) is 40.8 Å². The first-order valence-electron chi connectivity index (χ1n) is 6.40. The summed E-state index contributed by atoms with van der Waals surface area (Å²) in [5, 5.41) is 4.19. The predicted octanol–water partition coefficient (Wildman–Crippen LogP) is 3.44. The maximum atomic E-state index is 2.23. The zero-order chi connectivity index (χ0) is 12.9. The summed E-state index contributed by atoms with van der Waals surface area (Å²) >= 11 is 0. The fourth-order valence-corrected chi connectivity index (χ4v) is 4.48. The smallest absolute Gasteiger partial charge is 0 e. The maximum Gasteiger partial charge on any atom is 0 e. The Labute approximate surface area is 155 Å². The third-order valence-corrected chi connectivity index (χ3v) is 5.49. The van der Waals surface area contributed by atoms with Crippen molar-refractivity contribution < 1.29 is 40.8 Å². The van der Waals surface area contributed by atoms with E-state index in [0.717, 1.165) is 0 Å². The second-order valence-electron chi connectivity index (χ2n) is 4.34. The van der Waals surface area contributed by atoms with E-state index in [4.69, 9.17) is 0 Å². The van der Waals surface area contributed by atoms with Gasteiger partial charge in [0.2, 0.25) is 0 Å². The van der Waals surface area contributed by atoms with E-state index in [1.165, 1.54) is 15.9 Å². The third kappa shape index (κ3) is 4.69. The summed E-state index contributed by atoms with van der Waals surface area (Å²) in [5.41, 5.74) is 0. The first kappa shape index (κ1) is 18.5. The van der Waals surface area contributed by atoms with Gasteiger partial charge in [0.25, 0.3) is 0 Å². The topological polar surface area (TPSA) is 0 Å². The fourth-order valence-electron chi connectivity index (χ4n) is 2.18. The summed E-state index contributed by atoms with van der Waals surface area (Å²) in [6.45, 7) is 0. The molecule has 3 rings (SSSR count). The van der Waals surface area contributed by atoms with Gasteiger partial charge in [0.15, 0.2) is 0 Å². The number of hydrogen-bond acceptors (Lipinski definition) is 0. The van der Waals surface area contributed by atoms with Gasteiger partial charge >= 0.3 is 0 Å². The molecule has 0 fully saturated rings. The van der Waals surface area contributed by atoms with Crippen LogP contribution < -0.4 is 15.9 Å². The molecular weight excluding hydrogens is 460 g/mol. The van der Waals surface area contributed by atoms with Gasteiger partial charge in [-0.2, -0.15) is 0 Å². The third-order valence-electron chi connectivity index (χ3n) is 3.04. The van der Waals surface area contributed by atoms with E-state index in [0.29, 0.717) is 0 Å². The van der Waals surface area contributed by atoms with Gasteiger partial charge in [-0.05, 0) is 23.8 Å². The monoisotopic (exact) mass is 474 g/mol. The molecule has 3 aromatic carbocycles. The van der Waals surface area contributed by atoms with Crippen molar-refractivity contribution in [2.45, 2.75) is 0 Å². The average Bonchev–Trinajstić information content (AvgIpc) is 2.51. The Balaban J connectivity index is 0.00000110. The normalized spacial score (nSPS) is 9.57. The van der Waals surface area contributed by atoms with Crippen molar-refractivity contribution >= 4 is 23.8 Å². The van der Waals surface area contributed by atoms with Crippen LogP contribution in [0.15, 0.2) is 91.0 Å². The van der Waals surface area contributed by atoms with Gasteiger partial charge in [-0.3, -0.25) is 0 Å². The van der Waals surface area contributed by atoms with Crippen molar-refractivity contribution in [1.29, 1.82) is 0 Å². The molecule has 3 aromatic rings. The number of benzene rings is 3. The van der Waals surface area contributed by atoms with E-state index in [9.17, 15) is 0 Å². The Morgan fingerprint density at radius 1 is 0.381 bits per heavy atom. The Morgan fingerprint density at radius 3 is 0.857 bits per heavy atom. The van der Waals surface area contributed by atoms with Crippen LogP contribution in [0.25, 0.3) is 0 Å². The molecule has 0 saturated carbocycles. The first-order chi connectivity index (χ1) is 9.45. The van der Waals surface area contributed by atoms with Gasteiger partial charge in [-0.25, -0.2) is 0 Å². The van der Waals surface area contributed by atoms with Crippen LogP contribution in [0.3, 0.4) is 0 Å². The molecule has 0 bridgehead atoms. The second kappa shape index (κ2) is 9.44. The number of rotatable bonds is 3. The van der Waals surface area contributed by atoms with E-state index in [2.05, 4.69) is 91.0 Å². The van der Waals surface area contributed by atoms with Crippen LogP contribution in [0.1, 0.15) is 0 Å². The molecule has 0 N–H and O–H groups in total. The van der Waals surface area contributed by atoms with Crippen LogP contribution >= 0.6 is 7.92 Å². The van der Waals surface area contributed by atoms with E-state index >= 15 is 0 Å². The Kier molecular flexibility index (Phi) is 8.30. The molecule has 112 valence electrons.